The third-order valence-corrected chi connectivity index (χ3v) is 1.93. The van der Waals surface area contributed by atoms with Gasteiger partial charge in [0.1, 0.15) is 11.6 Å². The van der Waals surface area contributed by atoms with Gasteiger partial charge in [-0.1, -0.05) is 0 Å². The maximum Gasteiger partial charge on any atom is 0.248 e. The fraction of sp³-hybridized carbons (Fsp3) is 0. The Kier molecular flexibility index (Phi) is 1.68. The fourth-order valence-electron chi connectivity index (χ4n) is 1.28. The van der Waals surface area contributed by atoms with Crippen LogP contribution in [0.3, 0.4) is 0 Å². The molecule has 1 heterocycles. The number of hydrogen-bond donors (Lipinski definition) is 2. The van der Waals surface area contributed by atoms with E-state index in [1.54, 1.807) is 6.07 Å². The zero-order valence-electron chi connectivity index (χ0n) is 7.11. The summed E-state index contributed by atoms with van der Waals surface area (Å²) in [4.78, 5) is 17.7. The number of carbonyl (C=O) groups is 1. The number of fused-ring (bicyclic) bond motifs is 1. The number of hydrogen-bond acceptors (Lipinski definition) is 3. The van der Waals surface area contributed by atoms with Gasteiger partial charge < -0.3 is 10.7 Å². The highest BCUT2D eigenvalue weighted by atomic mass is 16.1. The molecule has 5 nitrogen and oxygen atoms in total. The first-order chi connectivity index (χ1) is 6.72. The number of aromatic nitrogens is 2. The number of benzene rings is 1. The Bertz CT molecular complexity index is 549. The van der Waals surface area contributed by atoms with Crippen molar-refractivity contribution in [1.29, 1.82) is 5.26 Å². The van der Waals surface area contributed by atoms with Crippen molar-refractivity contribution in [1.82, 2.24) is 9.97 Å². The second-order valence-electron chi connectivity index (χ2n) is 2.80. The molecule has 0 atom stereocenters. The summed E-state index contributed by atoms with van der Waals surface area (Å²) in [5.74, 6) is -0.557. The Hall–Kier alpha value is -2.35. The van der Waals surface area contributed by atoms with E-state index >= 15 is 0 Å². The molecule has 0 aliphatic carbocycles. The molecular formula is C9H6N4O. The summed E-state index contributed by atoms with van der Waals surface area (Å²) >= 11 is 0. The summed E-state index contributed by atoms with van der Waals surface area (Å²) in [6.07, 6.45) is 1.47. The predicted molar refractivity (Wildman–Crippen MR) is 49.3 cm³/mol. The highest BCUT2D eigenvalue weighted by molar-refractivity contribution is 5.97. The van der Waals surface area contributed by atoms with Crippen molar-refractivity contribution in [3.05, 3.63) is 29.6 Å². The van der Waals surface area contributed by atoms with Crippen LogP contribution in [0.25, 0.3) is 11.0 Å². The third-order valence-electron chi connectivity index (χ3n) is 1.93. The van der Waals surface area contributed by atoms with Gasteiger partial charge in [-0.05, 0) is 12.1 Å². The zero-order valence-corrected chi connectivity index (χ0v) is 7.11. The lowest BCUT2D eigenvalue weighted by Gasteiger charge is -1.96. The van der Waals surface area contributed by atoms with Crippen LogP contribution in [0.5, 0.6) is 0 Å². The number of primary amides is 1. The molecule has 3 N–H and O–H groups in total. The highest BCUT2D eigenvalue weighted by Crippen LogP contribution is 2.16. The van der Waals surface area contributed by atoms with Gasteiger partial charge in [-0.15, -0.1) is 0 Å². The molecule has 2 rings (SSSR count). The first-order valence-corrected chi connectivity index (χ1v) is 3.89. The number of nitrogens with two attached hydrogens (primary N) is 1. The molecule has 5 heteroatoms. The topological polar surface area (TPSA) is 95.6 Å². The number of aromatic amines is 1. The van der Waals surface area contributed by atoms with Crippen LogP contribution >= 0.6 is 0 Å². The van der Waals surface area contributed by atoms with Gasteiger partial charge in [0.15, 0.2) is 0 Å². The number of carbonyl (C=O) groups excluding carboxylic acids is 1. The first-order valence-electron chi connectivity index (χ1n) is 3.89. The van der Waals surface area contributed by atoms with E-state index in [0.717, 1.165) is 0 Å². The van der Waals surface area contributed by atoms with Crippen LogP contribution < -0.4 is 5.73 Å². The molecule has 1 amide bonds. The van der Waals surface area contributed by atoms with E-state index in [2.05, 4.69) is 9.97 Å². The summed E-state index contributed by atoms with van der Waals surface area (Å²) in [5.41, 5.74) is 6.95. The average molecular weight is 186 g/mol. The first kappa shape index (κ1) is 8.26. The van der Waals surface area contributed by atoms with Crippen LogP contribution in [0.4, 0.5) is 0 Å². The van der Waals surface area contributed by atoms with Crippen LogP contribution in [-0.4, -0.2) is 15.9 Å². The van der Waals surface area contributed by atoms with Crippen molar-refractivity contribution in [3.63, 3.8) is 0 Å². The van der Waals surface area contributed by atoms with Gasteiger partial charge in [-0.2, -0.15) is 5.26 Å². The SMILES string of the molecule is N#Cc1cc(C(N)=O)cc2[nH]cnc12. The van der Waals surface area contributed by atoms with E-state index in [4.69, 9.17) is 11.0 Å². The quantitative estimate of drug-likeness (QED) is 0.680. The van der Waals surface area contributed by atoms with Crippen LogP contribution in [0.15, 0.2) is 18.5 Å². The standard InChI is InChI=1S/C9H6N4O/c10-3-6-1-5(9(11)14)2-7-8(6)13-4-12-7/h1-2,4H,(H2,11,14)(H,12,13). The molecule has 68 valence electrons. The Labute approximate surface area is 79.2 Å². The maximum atomic E-state index is 10.9. The lowest BCUT2D eigenvalue weighted by atomic mass is 10.1. The van der Waals surface area contributed by atoms with E-state index in [1.165, 1.54) is 12.4 Å². The Balaban J connectivity index is 2.82. The minimum Gasteiger partial charge on any atom is -0.366 e. The molecule has 0 radical (unpaired) electrons. The number of nitrogens with zero attached hydrogens (tertiary/aromatic N) is 2. The molecule has 1 aromatic heterocycles. The lowest BCUT2D eigenvalue weighted by molar-refractivity contribution is 0.100. The van der Waals surface area contributed by atoms with Crippen molar-refractivity contribution in [2.24, 2.45) is 5.73 Å². The molecule has 0 saturated carbocycles. The second kappa shape index (κ2) is 2.85. The summed E-state index contributed by atoms with van der Waals surface area (Å²) in [5, 5.41) is 8.80. The molecule has 14 heavy (non-hydrogen) atoms. The molecule has 1 aromatic carbocycles. The van der Waals surface area contributed by atoms with Crippen LogP contribution in [-0.2, 0) is 0 Å². The summed E-state index contributed by atoms with van der Waals surface area (Å²) in [7, 11) is 0. The molecule has 0 aliphatic rings. The lowest BCUT2D eigenvalue weighted by Crippen LogP contribution is -2.11. The average Bonchev–Trinajstić information content (AvgIpc) is 2.63. The summed E-state index contributed by atoms with van der Waals surface area (Å²) < 4.78 is 0. The highest BCUT2D eigenvalue weighted by Gasteiger charge is 2.08. The number of amides is 1. The number of H-pyrrole nitrogens is 1. The molecule has 0 fully saturated rings. The van der Waals surface area contributed by atoms with Crippen molar-refractivity contribution in [3.8, 4) is 6.07 Å². The van der Waals surface area contributed by atoms with E-state index in [-0.39, 0.29) is 0 Å². The number of rotatable bonds is 1. The Morgan fingerprint density at radius 2 is 2.36 bits per heavy atom. The maximum absolute atomic E-state index is 10.9. The third kappa shape index (κ3) is 1.10. The largest absolute Gasteiger partial charge is 0.366 e. The summed E-state index contributed by atoms with van der Waals surface area (Å²) in [6.45, 7) is 0. The Morgan fingerprint density at radius 1 is 1.57 bits per heavy atom. The second-order valence-corrected chi connectivity index (χ2v) is 2.80. The monoisotopic (exact) mass is 186 g/mol. The van der Waals surface area contributed by atoms with E-state index in [0.29, 0.717) is 22.2 Å². The fourth-order valence-corrected chi connectivity index (χ4v) is 1.28. The van der Waals surface area contributed by atoms with Gasteiger partial charge in [0.2, 0.25) is 5.91 Å². The van der Waals surface area contributed by atoms with E-state index in [9.17, 15) is 4.79 Å². The van der Waals surface area contributed by atoms with Gasteiger partial charge in [-0.3, -0.25) is 4.79 Å². The van der Waals surface area contributed by atoms with Gasteiger partial charge >= 0.3 is 0 Å². The van der Waals surface area contributed by atoms with Gasteiger partial charge in [-0.25, -0.2) is 4.98 Å². The molecule has 0 unspecified atom stereocenters. The van der Waals surface area contributed by atoms with Crippen LogP contribution in [0.1, 0.15) is 15.9 Å². The minimum atomic E-state index is -0.557. The number of nitrogens with one attached hydrogen (secondary N) is 1. The minimum absolute atomic E-state index is 0.304. The van der Waals surface area contributed by atoms with Crippen molar-refractivity contribution < 1.29 is 4.79 Å². The van der Waals surface area contributed by atoms with Crippen molar-refractivity contribution in [2.45, 2.75) is 0 Å². The normalized spacial score (nSPS) is 9.93. The van der Waals surface area contributed by atoms with Crippen molar-refractivity contribution in [2.75, 3.05) is 0 Å². The van der Waals surface area contributed by atoms with Gasteiger partial charge in [0.25, 0.3) is 0 Å². The van der Waals surface area contributed by atoms with Crippen molar-refractivity contribution >= 4 is 16.9 Å². The Morgan fingerprint density at radius 3 is 3.00 bits per heavy atom. The van der Waals surface area contributed by atoms with Gasteiger partial charge in [0.05, 0.1) is 17.4 Å². The predicted octanol–water partition coefficient (Wildman–Crippen LogP) is 0.533. The smallest absolute Gasteiger partial charge is 0.248 e. The number of imidazole rings is 1. The zero-order chi connectivity index (χ0) is 10.1. The number of nitriles is 1. The van der Waals surface area contributed by atoms with Crippen LogP contribution in [0.2, 0.25) is 0 Å². The molecule has 0 aliphatic heterocycles. The van der Waals surface area contributed by atoms with Crippen LogP contribution in [0, 0.1) is 11.3 Å². The van der Waals surface area contributed by atoms with E-state index < -0.39 is 5.91 Å². The molecule has 0 saturated heterocycles. The molecule has 0 bridgehead atoms. The van der Waals surface area contributed by atoms with Gasteiger partial charge in [0, 0.05) is 5.56 Å². The molecule has 0 spiro atoms. The summed E-state index contributed by atoms with van der Waals surface area (Å²) in [6, 6.07) is 4.97. The van der Waals surface area contributed by atoms with E-state index in [1.807, 2.05) is 6.07 Å². The molecular weight excluding hydrogens is 180 g/mol. The molecule has 2 aromatic rings.